The molecule has 0 saturated heterocycles. The summed E-state index contributed by atoms with van der Waals surface area (Å²) in [5.41, 5.74) is 3.88. The van der Waals surface area contributed by atoms with Gasteiger partial charge in [-0.25, -0.2) is 0 Å². The summed E-state index contributed by atoms with van der Waals surface area (Å²) in [6, 6.07) is 8.04. The average Bonchev–Trinajstić information content (AvgIpc) is 3.07. The van der Waals surface area contributed by atoms with Crippen molar-refractivity contribution in [3.8, 4) is 0 Å². The molecule has 0 unspecified atom stereocenters. The van der Waals surface area contributed by atoms with Crippen molar-refractivity contribution >= 4 is 29.3 Å². The van der Waals surface area contributed by atoms with E-state index in [0.29, 0.717) is 11.1 Å². The molecule has 0 bridgehead atoms. The summed E-state index contributed by atoms with van der Waals surface area (Å²) in [4.78, 5) is 14.4. The molecule has 0 fully saturated rings. The molecule has 0 saturated carbocycles. The number of carbonyl (C=O) groups is 1. The second-order valence-electron chi connectivity index (χ2n) is 6.57. The first kappa shape index (κ1) is 16.8. The highest BCUT2D eigenvalue weighted by atomic mass is 35.5. The van der Waals surface area contributed by atoms with Gasteiger partial charge in [0.25, 0.3) is 5.91 Å². The van der Waals surface area contributed by atoms with E-state index in [1.54, 1.807) is 16.8 Å². The lowest BCUT2D eigenvalue weighted by Crippen LogP contribution is -2.26. The summed E-state index contributed by atoms with van der Waals surface area (Å²) in [6.07, 6.45) is 4.28. The number of anilines is 1. The number of fused-ring (bicyclic) bond motifs is 1. The van der Waals surface area contributed by atoms with E-state index in [4.69, 9.17) is 11.6 Å². The van der Waals surface area contributed by atoms with E-state index in [-0.39, 0.29) is 5.91 Å². The molecule has 0 radical (unpaired) electrons. The summed E-state index contributed by atoms with van der Waals surface area (Å²) >= 11 is 6.42. The Morgan fingerprint density at radius 3 is 2.88 bits per heavy atom. The molecule has 5 heteroatoms. The molecule has 1 aliphatic rings. The van der Waals surface area contributed by atoms with Crippen LogP contribution in [-0.2, 0) is 17.8 Å². The Morgan fingerprint density at radius 2 is 2.12 bits per heavy atom. The van der Waals surface area contributed by atoms with Gasteiger partial charge in [0.15, 0.2) is 0 Å². The van der Waals surface area contributed by atoms with Gasteiger partial charge in [0.1, 0.15) is 5.15 Å². The van der Waals surface area contributed by atoms with Crippen LogP contribution in [0.1, 0.15) is 30.7 Å². The van der Waals surface area contributed by atoms with Gasteiger partial charge in [-0.3, -0.25) is 9.48 Å². The van der Waals surface area contributed by atoms with Crippen molar-refractivity contribution in [2.75, 3.05) is 11.4 Å². The summed E-state index contributed by atoms with van der Waals surface area (Å²) in [5.74, 6) is 0.438. The number of nitrogens with zero attached hydrogens (tertiary/aromatic N) is 3. The van der Waals surface area contributed by atoms with E-state index >= 15 is 0 Å². The second kappa shape index (κ2) is 6.81. The Bertz CT molecular complexity index is 792. The van der Waals surface area contributed by atoms with Crippen LogP contribution in [0.5, 0.6) is 0 Å². The maximum Gasteiger partial charge on any atom is 0.251 e. The number of halogens is 1. The van der Waals surface area contributed by atoms with E-state index in [1.165, 1.54) is 5.56 Å². The third kappa shape index (κ3) is 3.24. The van der Waals surface area contributed by atoms with Gasteiger partial charge in [-0.1, -0.05) is 43.6 Å². The molecule has 1 aromatic heterocycles. The standard InChI is InChI=1S/C19H22ClN3O/c1-13(2)12-23-19(20)16(14(3)21-23)8-9-18(24)22-11-10-15-6-4-5-7-17(15)22/h4-9,13H,10-12H2,1-3H3/b9-8+. The number of benzene rings is 1. The fraction of sp³-hybridized carbons (Fsp3) is 0.368. The number of hydrogen-bond donors (Lipinski definition) is 0. The lowest BCUT2D eigenvalue weighted by atomic mass is 10.2. The van der Waals surface area contributed by atoms with Gasteiger partial charge in [-0.05, 0) is 37.0 Å². The van der Waals surface area contributed by atoms with E-state index in [1.807, 2.05) is 30.0 Å². The number of carbonyl (C=O) groups excluding carboxylic acids is 1. The summed E-state index contributed by atoms with van der Waals surface area (Å²) in [6.45, 7) is 7.65. The van der Waals surface area contributed by atoms with Crippen molar-refractivity contribution in [1.82, 2.24) is 9.78 Å². The van der Waals surface area contributed by atoms with E-state index < -0.39 is 0 Å². The minimum Gasteiger partial charge on any atom is -0.308 e. The molecule has 1 aromatic carbocycles. The van der Waals surface area contributed by atoms with Crippen LogP contribution in [0, 0.1) is 12.8 Å². The molecule has 0 atom stereocenters. The average molecular weight is 344 g/mol. The third-order valence-corrected chi connectivity index (χ3v) is 4.59. The molecule has 1 amide bonds. The molecule has 2 aromatic rings. The topological polar surface area (TPSA) is 38.1 Å². The van der Waals surface area contributed by atoms with Crippen molar-refractivity contribution in [3.63, 3.8) is 0 Å². The van der Waals surface area contributed by atoms with Crippen molar-refractivity contribution in [1.29, 1.82) is 0 Å². The molecule has 0 aliphatic carbocycles. The molecular formula is C19H22ClN3O. The van der Waals surface area contributed by atoms with Crippen LogP contribution in [0.25, 0.3) is 6.08 Å². The van der Waals surface area contributed by atoms with Crippen LogP contribution in [0.15, 0.2) is 30.3 Å². The van der Waals surface area contributed by atoms with Gasteiger partial charge in [0.2, 0.25) is 0 Å². The Balaban J connectivity index is 1.79. The largest absolute Gasteiger partial charge is 0.308 e. The molecule has 3 rings (SSSR count). The van der Waals surface area contributed by atoms with Gasteiger partial charge < -0.3 is 4.90 Å². The Hall–Kier alpha value is -2.07. The normalized spacial score (nSPS) is 14.0. The zero-order valence-corrected chi connectivity index (χ0v) is 15.0. The zero-order chi connectivity index (χ0) is 17.3. The zero-order valence-electron chi connectivity index (χ0n) is 14.3. The van der Waals surface area contributed by atoms with Crippen LogP contribution in [0.2, 0.25) is 5.15 Å². The smallest absolute Gasteiger partial charge is 0.251 e. The lowest BCUT2D eigenvalue weighted by molar-refractivity contribution is -0.114. The van der Waals surface area contributed by atoms with E-state index in [2.05, 4.69) is 25.0 Å². The summed E-state index contributed by atoms with van der Waals surface area (Å²) < 4.78 is 1.80. The second-order valence-corrected chi connectivity index (χ2v) is 6.93. The van der Waals surface area contributed by atoms with Crippen LogP contribution in [0.4, 0.5) is 5.69 Å². The predicted octanol–water partition coefficient (Wildman–Crippen LogP) is 4.10. The van der Waals surface area contributed by atoms with Crippen molar-refractivity contribution in [2.24, 2.45) is 5.92 Å². The molecule has 1 aliphatic heterocycles. The van der Waals surface area contributed by atoms with Crippen LogP contribution in [0.3, 0.4) is 0 Å². The molecule has 126 valence electrons. The minimum absolute atomic E-state index is 0.0213. The molecule has 2 heterocycles. The number of aromatic nitrogens is 2. The monoisotopic (exact) mass is 343 g/mol. The van der Waals surface area contributed by atoms with Gasteiger partial charge >= 0.3 is 0 Å². The molecule has 0 spiro atoms. The highest BCUT2D eigenvalue weighted by Gasteiger charge is 2.22. The molecule has 0 N–H and O–H groups in total. The Morgan fingerprint density at radius 1 is 1.38 bits per heavy atom. The SMILES string of the molecule is Cc1nn(CC(C)C)c(Cl)c1/C=C/C(=O)N1CCc2ccccc21. The van der Waals surface area contributed by atoms with Gasteiger partial charge in [-0.2, -0.15) is 5.10 Å². The van der Waals surface area contributed by atoms with Crippen LogP contribution >= 0.6 is 11.6 Å². The number of rotatable bonds is 4. The number of amides is 1. The van der Waals surface area contributed by atoms with Gasteiger partial charge in [0, 0.05) is 30.4 Å². The first-order chi connectivity index (χ1) is 11.5. The fourth-order valence-electron chi connectivity index (χ4n) is 3.04. The Labute approximate surface area is 147 Å². The van der Waals surface area contributed by atoms with Gasteiger partial charge in [-0.15, -0.1) is 0 Å². The summed E-state index contributed by atoms with van der Waals surface area (Å²) in [7, 11) is 0. The van der Waals surface area contributed by atoms with Crippen molar-refractivity contribution in [3.05, 3.63) is 52.3 Å². The lowest BCUT2D eigenvalue weighted by Gasteiger charge is -2.14. The number of aryl methyl sites for hydroxylation is 1. The maximum atomic E-state index is 12.6. The quantitative estimate of drug-likeness (QED) is 0.784. The van der Waals surface area contributed by atoms with E-state index in [9.17, 15) is 4.79 Å². The van der Waals surface area contributed by atoms with Crippen molar-refractivity contribution in [2.45, 2.75) is 33.7 Å². The highest BCUT2D eigenvalue weighted by molar-refractivity contribution is 6.31. The molecule has 24 heavy (non-hydrogen) atoms. The van der Waals surface area contributed by atoms with Crippen LogP contribution in [-0.4, -0.2) is 22.2 Å². The third-order valence-electron chi connectivity index (χ3n) is 4.19. The number of hydrogen-bond acceptors (Lipinski definition) is 2. The van der Waals surface area contributed by atoms with Crippen molar-refractivity contribution < 1.29 is 4.79 Å². The first-order valence-corrected chi connectivity index (χ1v) is 8.65. The highest BCUT2D eigenvalue weighted by Crippen LogP contribution is 2.28. The summed E-state index contributed by atoms with van der Waals surface area (Å²) in [5, 5.41) is 5.06. The van der Waals surface area contributed by atoms with E-state index in [0.717, 1.165) is 36.5 Å². The minimum atomic E-state index is -0.0213. The maximum absolute atomic E-state index is 12.6. The molecular weight excluding hydrogens is 322 g/mol. The molecule has 4 nitrogen and oxygen atoms in total. The van der Waals surface area contributed by atoms with Gasteiger partial charge in [0.05, 0.1) is 5.69 Å². The predicted molar refractivity (Wildman–Crippen MR) is 98.3 cm³/mol. The number of para-hydroxylation sites is 1. The van der Waals surface area contributed by atoms with Crippen LogP contribution < -0.4 is 4.90 Å². The Kier molecular flexibility index (Phi) is 4.76. The fourth-order valence-corrected chi connectivity index (χ4v) is 3.34. The first-order valence-electron chi connectivity index (χ1n) is 8.27.